The van der Waals surface area contributed by atoms with Gasteiger partial charge in [0.05, 0.1) is 6.04 Å². The quantitative estimate of drug-likeness (QED) is 0.879. The standard InChI is InChI=1S/C11H11BrN4/c12-8-3-7(4-16-5-8)11(14)9-6-15-2-1-10(9)13/h1-6,11H,14H2,(H2,13,15). The van der Waals surface area contributed by atoms with E-state index in [2.05, 4.69) is 25.9 Å². The molecule has 82 valence electrons. The first-order chi connectivity index (χ1) is 7.68. The van der Waals surface area contributed by atoms with E-state index >= 15 is 0 Å². The van der Waals surface area contributed by atoms with Gasteiger partial charge >= 0.3 is 0 Å². The number of aromatic nitrogens is 2. The lowest BCUT2D eigenvalue weighted by Gasteiger charge is -2.13. The molecule has 0 saturated heterocycles. The monoisotopic (exact) mass is 278 g/mol. The van der Waals surface area contributed by atoms with Gasteiger partial charge in [-0.05, 0) is 33.6 Å². The molecular weight excluding hydrogens is 268 g/mol. The van der Waals surface area contributed by atoms with Gasteiger partial charge in [0.25, 0.3) is 0 Å². The van der Waals surface area contributed by atoms with Gasteiger partial charge in [0.2, 0.25) is 0 Å². The predicted molar refractivity (Wildman–Crippen MR) is 66.6 cm³/mol. The summed E-state index contributed by atoms with van der Waals surface area (Å²) >= 11 is 3.36. The summed E-state index contributed by atoms with van der Waals surface area (Å²) < 4.78 is 0.892. The maximum atomic E-state index is 6.11. The van der Waals surface area contributed by atoms with Crippen molar-refractivity contribution in [1.29, 1.82) is 0 Å². The van der Waals surface area contributed by atoms with Crippen molar-refractivity contribution < 1.29 is 0 Å². The van der Waals surface area contributed by atoms with Crippen LogP contribution in [0.4, 0.5) is 5.69 Å². The Morgan fingerprint density at radius 1 is 1.19 bits per heavy atom. The highest BCUT2D eigenvalue weighted by Gasteiger charge is 2.12. The number of pyridine rings is 2. The maximum absolute atomic E-state index is 6.11. The van der Waals surface area contributed by atoms with Gasteiger partial charge in [0, 0.05) is 40.5 Å². The topological polar surface area (TPSA) is 77.8 Å². The van der Waals surface area contributed by atoms with E-state index in [0.29, 0.717) is 5.69 Å². The molecule has 0 amide bonds. The Morgan fingerprint density at radius 2 is 2.00 bits per heavy atom. The second kappa shape index (κ2) is 4.59. The highest BCUT2D eigenvalue weighted by molar-refractivity contribution is 9.10. The van der Waals surface area contributed by atoms with Crippen LogP contribution in [0, 0.1) is 0 Å². The van der Waals surface area contributed by atoms with E-state index in [4.69, 9.17) is 11.5 Å². The molecule has 0 saturated carbocycles. The molecule has 1 atom stereocenters. The molecule has 2 aromatic rings. The summed E-state index contributed by atoms with van der Waals surface area (Å²) in [5.74, 6) is 0. The summed E-state index contributed by atoms with van der Waals surface area (Å²) in [7, 11) is 0. The van der Waals surface area contributed by atoms with Gasteiger partial charge in [-0.15, -0.1) is 0 Å². The van der Waals surface area contributed by atoms with Crippen LogP contribution in [0.5, 0.6) is 0 Å². The molecule has 2 aromatic heterocycles. The molecule has 0 fully saturated rings. The van der Waals surface area contributed by atoms with E-state index in [-0.39, 0.29) is 6.04 Å². The van der Waals surface area contributed by atoms with Crippen molar-refractivity contribution in [2.75, 3.05) is 5.73 Å². The Morgan fingerprint density at radius 3 is 2.69 bits per heavy atom. The summed E-state index contributed by atoms with van der Waals surface area (Å²) in [6.07, 6.45) is 6.76. The van der Waals surface area contributed by atoms with Gasteiger partial charge in [0.1, 0.15) is 0 Å². The van der Waals surface area contributed by atoms with Gasteiger partial charge < -0.3 is 11.5 Å². The number of rotatable bonds is 2. The highest BCUT2D eigenvalue weighted by Crippen LogP contribution is 2.24. The average Bonchev–Trinajstić information content (AvgIpc) is 2.29. The Balaban J connectivity index is 2.39. The third-order valence-corrected chi connectivity index (χ3v) is 2.74. The fourth-order valence-electron chi connectivity index (χ4n) is 1.46. The molecule has 1 unspecified atom stereocenters. The van der Waals surface area contributed by atoms with Gasteiger partial charge in [-0.3, -0.25) is 9.97 Å². The third kappa shape index (κ3) is 2.20. The molecule has 0 aromatic carbocycles. The summed E-state index contributed by atoms with van der Waals surface area (Å²) in [5, 5.41) is 0. The van der Waals surface area contributed by atoms with E-state index in [9.17, 15) is 0 Å². The van der Waals surface area contributed by atoms with Crippen LogP contribution in [0.3, 0.4) is 0 Å². The molecule has 0 aliphatic rings. The molecule has 4 N–H and O–H groups in total. The van der Waals surface area contributed by atoms with Crippen LogP contribution in [0.2, 0.25) is 0 Å². The van der Waals surface area contributed by atoms with Gasteiger partial charge in [-0.25, -0.2) is 0 Å². The molecule has 0 radical (unpaired) electrons. The minimum atomic E-state index is -0.307. The largest absolute Gasteiger partial charge is 0.398 e. The number of nitrogens with zero attached hydrogens (tertiary/aromatic N) is 2. The fourth-order valence-corrected chi connectivity index (χ4v) is 1.84. The summed E-state index contributed by atoms with van der Waals surface area (Å²) in [6, 6.07) is 3.35. The summed E-state index contributed by atoms with van der Waals surface area (Å²) in [6.45, 7) is 0. The van der Waals surface area contributed by atoms with Crippen LogP contribution in [-0.4, -0.2) is 9.97 Å². The van der Waals surface area contributed by atoms with Crippen LogP contribution in [-0.2, 0) is 0 Å². The van der Waals surface area contributed by atoms with Crippen molar-refractivity contribution >= 4 is 21.6 Å². The van der Waals surface area contributed by atoms with Crippen molar-refractivity contribution in [3.63, 3.8) is 0 Å². The first-order valence-electron chi connectivity index (χ1n) is 4.74. The molecule has 4 nitrogen and oxygen atoms in total. The minimum absolute atomic E-state index is 0.307. The van der Waals surface area contributed by atoms with Crippen molar-refractivity contribution in [3.05, 3.63) is 52.5 Å². The first-order valence-corrected chi connectivity index (χ1v) is 5.53. The molecule has 0 aliphatic carbocycles. The molecule has 0 bridgehead atoms. The fraction of sp³-hybridized carbons (Fsp3) is 0.0909. The van der Waals surface area contributed by atoms with Crippen molar-refractivity contribution in [3.8, 4) is 0 Å². The van der Waals surface area contributed by atoms with Crippen molar-refractivity contribution in [2.24, 2.45) is 5.73 Å². The number of nitrogens with two attached hydrogens (primary N) is 2. The number of hydrogen-bond acceptors (Lipinski definition) is 4. The van der Waals surface area contributed by atoms with E-state index in [0.717, 1.165) is 15.6 Å². The number of nitrogen functional groups attached to an aromatic ring is 1. The van der Waals surface area contributed by atoms with E-state index < -0.39 is 0 Å². The molecular formula is C11H11BrN4. The molecule has 5 heteroatoms. The lowest BCUT2D eigenvalue weighted by atomic mass is 10.0. The molecule has 0 spiro atoms. The smallest absolute Gasteiger partial charge is 0.0603 e. The number of anilines is 1. The van der Waals surface area contributed by atoms with Gasteiger partial charge in [-0.1, -0.05) is 0 Å². The normalized spacial score (nSPS) is 12.4. The Bertz CT molecular complexity index is 501. The van der Waals surface area contributed by atoms with Crippen LogP contribution in [0.15, 0.2) is 41.4 Å². The van der Waals surface area contributed by atoms with Crippen LogP contribution >= 0.6 is 15.9 Å². The lowest BCUT2D eigenvalue weighted by molar-refractivity contribution is 0.857. The third-order valence-electron chi connectivity index (χ3n) is 2.31. The van der Waals surface area contributed by atoms with Crippen LogP contribution in [0.25, 0.3) is 0 Å². The lowest BCUT2D eigenvalue weighted by Crippen LogP contribution is -2.14. The summed E-state index contributed by atoms with van der Waals surface area (Å²) in [4.78, 5) is 8.09. The second-order valence-corrected chi connectivity index (χ2v) is 4.33. The van der Waals surface area contributed by atoms with Gasteiger partial charge in [-0.2, -0.15) is 0 Å². The molecule has 2 rings (SSSR count). The molecule has 2 heterocycles. The number of hydrogen-bond donors (Lipinski definition) is 2. The average molecular weight is 279 g/mol. The highest BCUT2D eigenvalue weighted by atomic mass is 79.9. The SMILES string of the molecule is Nc1ccncc1C(N)c1cncc(Br)c1. The zero-order valence-electron chi connectivity index (χ0n) is 8.47. The van der Waals surface area contributed by atoms with Crippen LogP contribution < -0.4 is 11.5 Å². The van der Waals surface area contributed by atoms with Crippen molar-refractivity contribution in [2.45, 2.75) is 6.04 Å². The minimum Gasteiger partial charge on any atom is -0.398 e. The summed E-state index contributed by atoms with van der Waals surface area (Å²) in [5.41, 5.74) is 14.3. The van der Waals surface area contributed by atoms with E-state index in [1.54, 1.807) is 30.9 Å². The second-order valence-electron chi connectivity index (χ2n) is 3.42. The van der Waals surface area contributed by atoms with E-state index in [1.165, 1.54) is 0 Å². The Hall–Kier alpha value is -1.46. The predicted octanol–water partition coefficient (Wildman–Crippen LogP) is 1.87. The van der Waals surface area contributed by atoms with E-state index in [1.807, 2.05) is 6.07 Å². The zero-order chi connectivity index (χ0) is 11.5. The number of halogens is 1. The zero-order valence-corrected chi connectivity index (χ0v) is 10.1. The van der Waals surface area contributed by atoms with Gasteiger partial charge in [0.15, 0.2) is 0 Å². The maximum Gasteiger partial charge on any atom is 0.0603 e. The van der Waals surface area contributed by atoms with Crippen LogP contribution in [0.1, 0.15) is 17.2 Å². The molecule has 16 heavy (non-hydrogen) atoms. The molecule has 0 aliphatic heterocycles. The Labute approximate surface area is 102 Å². The Kier molecular flexibility index (Phi) is 3.17. The first kappa shape index (κ1) is 11.0. The van der Waals surface area contributed by atoms with Crippen molar-refractivity contribution in [1.82, 2.24) is 9.97 Å².